The van der Waals surface area contributed by atoms with Crippen LogP contribution in [0.5, 0.6) is 5.75 Å². The summed E-state index contributed by atoms with van der Waals surface area (Å²) in [5, 5.41) is 0.116. The molecule has 2 atom stereocenters. The molecule has 0 spiro atoms. The predicted octanol–water partition coefficient (Wildman–Crippen LogP) is 4.31. The van der Waals surface area contributed by atoms with E-state index in [9.17, 15) is 4.39 Å². The topological polar surface area (TPSA) is 35.2 Å². The van der Waals surface area contributed by atoms with Crippen molar-refractivity contribution in [3.8, 4) is 5.75 Å². The molecule has 0 radical (unpaired) electrons. The summed E-state index contributed by atoms with van der Waals surface area (Å²) < 4.78 is 19.5. The van der Waals surface area contributed by atoms with Gasteiger partial charge in [-0.3, -0.25) is 0 Å². The van der Waals surface area contributed by atoms with Crippen molar-refractivity contribution in [2.75, 3.05) is 0 Å². The van der Waals surface area contributed by atoms with Crippen molar-refractivity contribution >= 4 is 11.6 Å². The van der Waals surface area contributed by atoms with E-state index in [0.717, 1.165) is 22.4 Å². The van der Waals surface area contributed by atoms with E-state index in [4.69, 9.17) is 22.1 Å². The zero-order valence-electron chi connectivity index (χ0n) is 11.1. The molecule has 0 bridgehead atoms. The minimum Gasteiger partial charge on any atom is -0.485 e. The molecular weight excluding hydrogens is 277 g/mol. The second kappa shape index (κ2) is 5.08. The van der Waals surface area contributed by atoms with Gasteiger partial charge in [-0.05, 0) is 30.7 Å². The van der Waals surface area contributed by atoms with Gasteiger partial charge in [0.2, 0.25) is 0 Å². The lowest BCUT2D eigenvalue weighted by molar-refractivity contribution is 0.161. The lowest BCUT2D eigenvalue weighted by Crippen LogP contribution is -2.24. The van der Waals surface area contributed by atoms with Crippen molar-refractivity contribution < 1.29 is 9.13 Å². The van der Waals surface area contributed by atoms with Crippen molar-refractivity contribution in [3.05, 3.63) is 63.9 Å². The first-order valence-corrected chi connectivity index (χ1v) is 6.90. The summed E-state index contributed by atoms with van der Waals surface area (Å²) in [5.74, 6) is 0.339. The van der Waals surface area contributed by atoms with Gasteiger partial charge in [0.1, 0.15) is 17.7 Å². The van der Waals surface area contributed by atoms with Crippen LogP contribution in [-0.4, -0.2) is 0 Å². The highest BCUT2D eigenvalue weighted by Crippen LogP contribution is 2.40. The number of fused-ring (bicyclic) bond motifs is 1. The number of nitrogens with two attached hydrogens (primary N) is 1. The van der Waals surface area contributed by atoms with Crippen LogP contribution in [0, 0.1) is 12.7 Å². The largest absolute Gasteiger partial charge is 0.485 e. The van der Waals surface area contributed by atoms with Crippen LogP contribution in [0.4, 0.5) is 4.39 Å². The third-order valence-corrected chi connectivity index (χ3v) is 3.92. The second-order valence-electron chi connectivity index (χ2n) is 5.16. The first-order valence-electron chi connectivity index (χ1n) is 6.52. The Morgan fingerprint density at radius 1 is 1.25 bits per heavy atom. The fourth-order valence-electron chi connectivity index (χ4n) is 2.54. The Labute approximate surface area is 122 Å². The van der Waals surface area contributed by atoms with Crippen LogP contribution in [0.2, 0.25) is 5.02 Å². The van der Waals surface area contributed by atoms with Crippen LogP contribution in [0.3, 0.4) is 0 Å². The van der Waals surface area contributed by atoms with Gasteiger partial charge in [-0.15, -0.1) is 0 Å². The first kappa shape index (κ1) is 13.4. The van der Waals surface area contributed by atoms with Gasteiger partial charge in [-0.25, -0.2) is 4.39 Å². The Bertz CT molecular complexity index is 659. The van der Waals surface area contributed by atoms with Gasteiger partial charge in [0.05, 0.1) is 5.02 Å². The lowest BCUT2D eigenvalue weighted by Gasteiger charge is -2.31. The van der Waals surface area contributed by atoms with Gasteiger partial charge >= 0.3 is 0 Å². The normalized spacial score (nSPS) is 21.2. The van der Waals surface area contributed by atoms with E-state index in [2.05, 4.69) is 0 Å². The molecule has 2 N–H and O–H groups in total. The van der Waals surface area contributed by atoms with Crippen LogP contribution in [-0.2, 0) is 0 Å². The Kier molecular flexibility index (Phi) is 3.40. The molecule has 1 aliphatic heterocycles. The number of hydrogen-bond donors (Lipinski definition) is 1. The number of benzene rings is 2. The summed E-state index contributed by atoms with van der Waals surface area (Å²) in [6, 6.07) is 10.6. The summed E-state index contributed by atoms with van der Waals surface area (Å²) in [6.45, 7) is 2.02. The minimum absolute atomic E-state index is 0.109. The van der Waals surface area contributed by atoms with Crippen molar-refractivity contribution in [1.29, 1.82) is 0 Å². The van der Waals surface area contributed by atoms with Gasteiger partial charge in [-0.1, -0.05) is 35.4 Å². The highest BCUT2D eigenvalue weighted by atomic mass is 35.5. The summed E-state index contributed by atoms with van der Waals surface area (Å²) in [5.41, 5.74) is 9.13. The number of rotatable bonds is 1. The van der Waals surface area contributed by atoms with Crippen molar-refractivity contribution in [2.24, 2.45) is 5.73 Å². The zero-order chi connectivity index (χ0) is 14.3. The molecule has 4 heteroatoms. The van der Waals surface area contributed by atoms with E-state index in [1.165, 1.54) is 6.07 Å². The third-order valence-electron chi connectivity index (χ3n) is 3.62. The molecule has 0 saturated carbocycles. The summed E-state index contributed by atoms with van der Waals surface area (Å²) in [4.78, 5) is 0. The standard InChI is InChI=1S/C16H15ClFNO/c1-9-2-5-15-11(6-9)14(19)8-16(20-15)10-3-4-12(17)13(18)7-10/h2-7,14,16H,8,19H2,1H3. The highest BCUT2D eigenvalue weighted by molar-refractivity contribution is 6.30. The maximum atomic E-state index is 13.6. The molecule has 0 amide bonds. The molecule has 2 aromatic carbocycles. The van der Waals surface area contributed by atoms with E-state index in [1.807, 2.05) is 25.1 Å². The van der Waals surface area contributed by atoms with Gasteiger partial charge in [-0.2, -0.15) is 0 Å². The molecule has 1 heterocycles. The molecule has 2 unspecified atom stereocenters. The van der Waals surface area contributed by atoms with Crippen molar-refractivity contribution in [2.45, 2.75) is 25.5 Å². The average Bonchev–Trinajstić information content (AvgIpc) is 2.42. The van der Waals surface area contributed by atoms with Crippen LogP contribution in [0.25, 0.3) is 0 Å². The van der Waals surface area contributed by atoms with Crippen molar-refractivity contribution in [3.63, 3.8) is 0 Å². The van der Waals surface area contributed by atoms with E-state index in [1.54, 1.807) is 12.1 Å². The van der Waals surface area contributed by atoms with Gasteiger partial charge in [0.15, 0.2) is 0 Å². The van der Waals surface area contributed by atoms with Gasteiger partial charge in [0, 0.05) is 18.0 Å². The maximum Gasteiger partial charge on any atom is 0.142 e. The molecule has 0 fully saturated rings. The molecule has 0 saturated heterocycles. The van der Waals surface area contributed by atoms with Crippen molar-refractivity contribution in [1.82, 2.24) is 0 Å². The molecule has 1 aliphatic rings. The molecule has 104 valence electrons. The number of halogens is 2. The lowest BCUT2D eigenvalue weighted by atomic mass is 9.92. The molecule has 0 aliphatic carbocycles. The monoisotopic (exact) mass is 291 g/mol. The number of ether oxygens (including phenoxy) is 1. The van der Waals surface area contributed by atoms with Crippen LogP contribution >= 0.6 is 11.6 Å². The minimum atomic E-state index is -0.434. The molecule has 0 aromatic heterocycles. The van der Waals surface area contributed by atoms with E-state index in [-0.39, 0.29) is 17.2 Å². The maximum absolute atomic E-state index is 13.6. The Morgan fingerprint density at radius 3 is 2.80 bits per heavy atom. The second-order valence-corrected chi connectivity index (χ2v) is 5.57. The van der Waals surface area contributed by atoms with Gasteiger partial charge < -0.3 is 10.5 Å². The predicted molar refractivity (Wildman–Crippen MR) is 77.5 cm³/mol. The smallest absolute Gasteiger partial charge is 0.142 e. The fraction of sp³-hybridized carbons (Fsp3) is 0.250. The van der Waals surface area contributed by atoms with Crippen LogP contribution < -0.4 is 10.5 Å². The molecule has 20 heavy (non-hydrogen) atoms. The summed E-state index contributed by atoms with van der Waals surface area (Å²) in [6.07, 6.45) is 0.379. The first-order chi connectivity index (χ1) is 9.54. The number of aryl methyl sites for hydroxylation is 1. The molecule has 2 nitrogen and oxygen atoms in total. The number of hydrogen-bond acceptors (Lipinski definition) is 2. The van der Waals surface area contributed by atoms with Crippen LogP contribution in [0.1, 0.15) is 35.3 Å². The fourth-order valence-corrected chi connectivity index (χ4v) is 2.66. The Morgan fingerprint density at radius 2 is 2.05 bits per heavy atom. The van der Waals surface area contributed by atoms with E-state index in [0.29, 0.717) is 6.42 Å². The quantitative estimate of drug-likeness (QED) is 0.849. The zero-order valence-corrected chi connectivity index (χ0v) is 11.8. The SMILES string of the molecule is Cc1ccc2c(c1)C(N)CC(c1ccc(Cl)c(F)c1)O2. The summed E-state index contributed by atoms with van der Waals surface area (Å²) >= 11 is 5.71. The molecular formula is C16H15ClFNO. The third kappa shape index (κ3) is 2.39. The van der Waals surface area contributed by atoms with E-state index < -0.39 is 5.82 Å². The molecule has 2 aromatic rings. The van der Waals surface area contributed by atoms with E-state index >= 15 is 0 Å². The van der Waals surface area contributed by atoms with Crippen LogP contribution in [0.15, 0.2) is 36.4 Å². The highest BCUT2D eigenvalue weighted by Gasteiger charge is 2.27. The Hall–Kier alpha value is -1.58. The summed E-state index contributed by atoms with van der Waals surface area (Å²) in [7, 11) is 0. The Balaban J connectivity index is 1.94. The molecule has 3 rings (SSSR count). The average molecular weight is 292 g/mol. The van der Waals surface area contributed by atoms with Gasteiger partial charge in [0.25, 0.3) is 0 Å².